The Balaban J connectivity index is 1.57. The van der Waals surface area contributed by atoms with Gasteiger partial charge in [0.1, 0.15) is 48.2 Å². The van der Waals surface area contributed by atoms with E-state index in [0.29, 0.717) is 24.8 Å². The number of imide groups is 1. The van der Waals surface area contributed by atoms with Gasteiger partial charge >= 0.3 is 11.9 Å². The number of hydrogen-bond acceptors (Lipinski definition) is 15. The highest BCUT2D eigenvalue weighted by molar-refractivity contribution is 7.85. The molecule has 55 heavy (non-hydrogen) atoms. The van der Waals surface area contributed by atoms with Crippen LogP contribution in [0.1, 0.15) is 58.4 Å². The molecule has 0 aliphatic carbocycles. The van der Waals surface area contributed by atoms with Crippen molar-refractivity contribution in [2.24, 2.45) is 5.41 Å². The summed E-state index contributed by atoms with van der Waals surface area (Å²) in [4.78, 5) is 73.5. The second-order valence-electron chi connectivity index (χ2n) is 13.8. The van der Waals surface area contributed by atoms with Crippen molar-refractivity contribution < 1.29 is 81.1 Å². The maximum Gasteiger partial charge on any atom is 0.335 e. The molecule has 0 bridgehead atoms. The summed E-state index contributed by atoms with van der Waals surface area (Å²) in [5.74, 6) is -5.60. The number of ether oxygens (including phenoxy) is 4. The summed E-state index contributed by atoms with van der Waals surface area (Å²) in [6.45, 7) is 4.69. The van der Waals surface area contributed by atoms with Gasteiger partial charge in [0.15, 0.2) is 6.10 Å². The summed E-state index contributed by atoms with van der Waals surface area (Å²) in [6.07, 6.45) is -5.83. The number of hydrogen-bond donors (Lipinski definition) is 7. The lowest BCUT2D eigenvalue weighted by atomic mass is 9.97. The molecule has 306 valence electrons. The summed E-state index contributed by atoms with van der Waals surface area (Å²) in [5.41, 5.74) is -0.476. The van der Waals surface area contributed by atoms with E-state index in [2.05, 4.69) is 10.6 Å². The second-order valence-corrected chi connectivity index (χ2v) is 15.3. The highest BCUT2D eigenvalue weighted by atomic mass is 32.2. The molecule has 2 aliphatic rings. The Morgan fingerprint density at radius 3 is 2.25 bits per heavy atom. The van der Waals surface area contributed by atoms with Gasteiger partial charge in [-0.05, 0) is 52.2 Å². The number of nitrogens with zero attached hydrogens (tertiary/aromatic N) is 1. The number of aliphatic carboxylic acids is 1. The molecular formula is C34H47N3O17S. The Morgan fingerprint density at radius 2 is 1.64 bits per heavy atom. The molecule has 3 rings (SSSR count). The molecule has 0 radical (unpaired) electrons. The maximum atomic E-state index is 12.8. The van der Waals surface area contributed by atoms with Crippen LogP contribution in [-0.4, -0.2) is 136 Å². The first-order valence-electron chi connectivity index (χ1n) is 17.3. The predicted molar refractivity (Wildman–Crippen MR) is 186 cm³/mol. The first-order chi connectivity index (χ1) is 25.7. The van der Waals surface area contributed by atoms with Crippen LogP contribution in [0.2, 0.25) is 0 Å². The molecule has 1 aromatic carbocycles. The lowest BCUT2D eigenvalue weighted by Crippen LogP contribution is -2.61. The lowest BCUT2D eigenvalue weighted by Gasteiger charge is -2.38. The standard InChI is InChI=1S/C34H47N3O17S/c1-34(2,3)33(47)52-17-19-9-10-20(53-32-28(43)26(41)27(42)29(54-32)31(45)46)16-22(19)51-15-7-13-35-30(44)21(18-55(48,49)50)36-23(38)8-5-4-6-14-37-24(39)11-12-25(37)40/h9-12,16,21,26-29,32,41-43H,4-8,13-15,17-18H2,1-3H3,(H,35,44)(H,36,38)(H,45,46)(H,48,49,50)/t21-,26-,27-,28+,29-,32+/m0/s1. The summed E-state index contributed by atoms with van der Waals surface area (Å²) >= 11 is 0. The van der Waals surface area contributed by atoms with E-state index >= 15 is 0 Å². The molecule has 1 saturated heterocycles. The number of amides is 4. The van der Waals surface area contributed by atoms with Crippen molar-refractivity contribution in [1.29, 1.82) is 0 Å². The van der Waals surface area contributed by atoms with Crippen molar-refractivity contribution in [2.45, 2.75) is 96.2 Å². The van der Waals surface area contributed by atoms with E-state index in [4.69, 9.17) is 18.9 Å². The van der Waals surface area contributed by atoms with Crippen molar-refractivity contribution in [3.8, 4) is 11.5 Å². The zero-order valence-corrected chi connectivity index (χ0v) is 31.2. The van der Waals surface area contributed by atoms with Crippen molar-refractivity contribution >= 4 is 45.7 Å². The molecule has 7 N–H and O–H groups in total. The molecule has 0 unspecified atom stereocenters. The molecule has 20 nitrogen and oxygen atoms in total. The highest BCUT2D eigenvalue weighted by Crippen LogP contribution is 2.30. The average molecular weight is 802 g/mol. The van der Waals surface area contributed by atoms with Gasteiger partial charge in [-0.1, -0.05) is 6.42 Å². The van der Waals surface area contributed by atoms with E-state index in [1.54, 1.807) is 20.8 Å². The molecule has 1 aromatic rings. The largest absolute Gasteiger partial charge is 0.493 e. The van der Waals surface area contributed by atoms with Crippen molar-refractivity contribution in [2.75, 3.05) is 25.4 Å². The summed E-state index contributed by atoms with van der Waals surface area (Å²) < 4.78 is 54.5. The summed E-state index contributed by atoms with van der Waals surface area (Å²) in [6, 6.07) is 2.50. The summed E-state index contributed by atoms with van der Waals surface area (Å²) in [7, 11) is -4.69. The van der Waals surface area contributed by atoms with Gasteiger partial charge in [-0.3, -0.25) is 33.4 Å². The normalized spacial score (nSPS) is 21.9. The van der Waals surface area contributed by atoms with E-state index in [0.717, 1.165) is 17.1 Å². The fraction of sp³-hybridized carbons (Fsp3) is 0.588. The zero-order valence-electron chi connectivity index (χ0n) is 30.4. The fourth-order valence-corrected chi connectivity index (χ4v) is 5.79. The molecule has 2 heterocycles. The Morgan fingerprint density at radius 1 is 0.964 bits per heavy atom. The van der Waals surface area contributed by atoms with Crippen LogP contribution in [0.5, 0.6) is 11.5 Å². The van der Waals surface area contributed by atoms with Crippen LogP contribution in [0, 0.1) is 5.41 Å². The van der Waals surface area contributed by atoms with Crippen LogP contribution >= 0.6 is 0 Å². The maximum absolute atomic E-state index is 12.8. The number of unbranched alkanes of at least 4 members (excludes halogenated alkanes) is 2. The highest BCUT2D eigenvalue weighted by Gasteiger charge is 2.48. The van der Waals surface area contributed by atoms with Crippen molar-refractivity contribution in [3.05, 3.63) is 35.9 Å². The number of nitrogens with one attached hydrogen (secondary N) is 2. The van der Waals surface area contributed by atoms with Crippen LogP contribution in [0.4, 0.5) is 0 Å². The Labute approximate surface area is 316 Å². The number of carboxylic acids is 1. The molecular weight excluding hydrogens is 754 g/mol. The van der Waals surface area contributed by atoms with Crippen molar-refractivity contribution in [1.82, 2.24) is 15.5 Å². The fourth-order valence-electron chi connectivity index (χ4n) is 5.14. The molecule has 2 aliphatic heterocycles. The number of benzene rings is 1. The molecule has 21 heteroatoms. The number of carbonyl (C=O) groups excluding carboxylic acids is 5. The lowest BCUT2D eigenvalue weighted by molar-refractivity contribution is -0.271. The van der Waals surface area contributed by atoms with Gasteiger partial charge < -0.3 is 50.0 Å². The number of aliphatic hydroxyl groups excluding tert-OH is 3. The topological polar surface area (TPSA) is 302 Å². The van der Waals surface area contributed by atoms with E-state index < -0.39 is 93.6 Å². The molecule has 1 fully saturated rings. The SMILES string of the molecule is CC(C)(C)C(=O)OCc1ccc(O[C@@H]2O[C@H](C(=O)O)[C@@H](O)[C@H](O)[C@H]2O)cc1OCCCNC(=O)[C@H](CS(=O)(=O)O)NC(=O)CCCCCN1C(=O)C=CC1=O. The molecule has 6 atom stereocenters. The number of carbonyl (C=O) groups is 6. The third-order valence-corrected chi connectivity index (χ3v) is 8.92. The molecule has 0 saturated carbocycles. The number of esters is 1. The van der Waals surface area contributed by atoms with E-state index in [1.807, 2.05) is 0 Å². The minimum absolute atomic E-state index is 0.0381. The van der Waals surface area contributed by atoms with Gasteiger partial charge in [-0.15, -0.1) is 0 Å². The van der Waals surface area contributed by atoms with Gasteiger partial charge in [0.2, 0.25) is 18.1 Å². The van der Waals surface area contributed by atoms with Crippen LogP contribution in [-0.2, 0) is 55.0 Å². The average Bonchev–Trinajstić information content (AvgIpc) is 3.41. The van der Waals surface area contributed by atoms with Crippen LogP contribution in [0.25, 0.3) is 0 Å². The number of rotatable bonds is 20. The van der Waals surface area contributed by atoms with Crippen molar-refractivity contribution in [3.63, 3.8) is 0 Å². The van der Waals surface area contributed by atoms with Gasteiger partial charge in [0.25, 0.3) is 21.9 Å². The van der Waals surface area contributed by atoms with Gasteiger partial charge in [-0.2, -0.15) is 8.42 Å². The smallest absolute Gasteiger partial charge is 0.335 e. The number of carboxylic acid groups (broad SMARTS) is 1. The Hall–Kier alpha value is -4.67. The molecule has 0 aromatic heterocycles. The third kappa shape index (κ3) is 13.8. The van der Waals surface area contributed by atoms with E-state index in [1.165, 1.54) is 18.2 Å². The predicted octanol–water partition coefficient (Wildman–Crippen LogP) is -1.21. The van der Waals surface area contributed by atoms with Gasteiger partial charge in [-0.25, -0.2) is 4.79 Å². The Bertz CT molecular complexity index is 1690. The van der Waals surface area contributed by atoms with E-state index in [-0.39, 0.29) is 50.6 Å². The van der Waals surface area contributed by atoms with Crippen LogP contribution in [0.15, 0.2) is 30.4 Å². The van der Waals surface area contributed by atoms with Gasteiger partial charge in [0.05, 0.1) is 12.0 Å². The minimum atomic E-state index is -4.69. The zero-order chi connectivity index (χ0) is 41.1. The first-order valence-corrected chi connectivity index (χ1v) is 18.9. The third-order valence-electron chi connectivity index (χ3n) is 8.17. The molecule has 4 amide bonds. The van der Waals surface area contributed by atoms with Crippen LogP contribution in [0.3, 0.4) is 0 Å². The summed E-state index contributed by atoms with van der Waals surface area (Å²) in [5, 5.41) is 44.5. The van der Waals surface area contributed by atoms with Crippen LogP contribution < -0.4 is 20.1 Å². The minimum Gasteiger partial charge on any atom is -0.493 e. The molecule has 0 spiro atoms. The first kappa shape index (κ1) is 44.7. The second kappa shape index (κ2) is 19.8. The quantitative estimate of drug-likeness (QED) is 0.0352. The number of aliphatic hydroxyl groups is 3. The monoisotopic (exact) mass is 801 g/mol. The van der Waals surface area contributed by atoms with Gasteiger partial charge in [0, 0.05) is 43.3 Å². The van der Waals surface area contributed by atoms with E-state index in [9.17, 15) is 62.2 Å². The Kier molecular flexibility index (Phi) is 16.1.